The minimum Gasteiger partial charge on any atom is -0.306 e. The standard InChI is InChI=1S/C15H22INS2/c1-2-18-14-8-4-6-12(14)17-11-5-3-7-13-10(11)9-15(16)19-13/h9,11-12,14,17H,2-8H2,1H3. The van der Waals surface area contributed by atoms with Crippen LogP contribution in [0.1, 0.15) is 55.5 Å². The minimum atomic E-state index is 0.631. The van der Waals surface area contributed by atoms with Crippen molar-refractivity contribution in [1.82, 2.24) is 5.32 Å². The van der Waals surface area contributed by atoms with E-state index in [1.54, 1.807) is 10.4 Å². The topological polar surface area (TPSA) is 12.0 Å². The SMILES string of the molecule is CCSC1CCCC1NC1CCCc2sc(I)cc21. The van der Waals surface area contributed by atoms with Crippen LogP contribution in [0, 0.1) is 2.88 Å². The highest BCUT2D eigenvalue weighted by Gasteiger charge is 2.31. The van der Waals surface area contributed by atoms with Gasteiger partial charge >= 0.3 is 0 Å². The molecule has 1 N–H and O–H groups in total. The maximum atomic E-state index is 4.00. The summed E-state index contributed by atoms with van der Waals surface area (Å²) in [4.78, 5) is 1.64. The van der Waals surface area contributed by atoms with Crippen LogP contribution >= 0.6 is 45.7 Å². The molecular formula is C15H22INS2. The third kappa shape index (κ3) is 3.33. The van der Waals surface area contributed by atoms with E-state index in [2.05, 4.69) is 52.7 Å². The molecule has 0 aromatic carbocycles. The zero-order chi connectivity index (χ0) is 13.2. The Balaban J connectivity index is 1.70. The van der Waals surface area contributed by atoms with Gasteiger partial charge in [-0.25, -0.2) is 0 Å². The summed E-state index contributed by atoms with van der Waals surface area (Å²) in [6, 6.07) is 3.80. The van der Waals surface area contributed by atoms with Crippen LogP contribution in [0.25, 0.3) is 0 Å². The van der Waals surface area contributed by atoms with Crippen LogP contribution in [-0.2, 0) is 6.42 Å². The van der Waals surface area contributed by atoms with Gasteiger partial charge in [0.15, 0.2) is 0 Å². The number of thiophene rings is 1. The van der Waals surface area contributed by atoms with E-state index < -0.39 is 0 Å². The molecule has 19 heavy (non-hydrogen) atoms. The predicted molar refractivity (Wildman–Crippen MR) is 95.4 cm³/mol. The summed E-state index contributed by atoms with van der Waals surface area (Å²) in [7, 11) is 0. The van der Waals surface area contributed by atoms with Crippen LogP contribution < -0.4 is 5.32 Å². The molecule has 1 fully saturated rings. The largest absolute Gasteiger partial charge is 0.306 e. The van der Waals surface area contributed by atoms with Gasteiger partial charge in [0.05, 0.1) is 2.88 Å². The van der Waals surface area contributed by atoms with Gasteiger partial charge in [-0.05, 0) is 72.1 Å². The van der Waals surface area contributed by atoms with Crippen molar-refractivity contribution in [2.45, 2.75) is 62.8 Å². The average Bonchev–Trinajstić information content (AvgIpc) is 2.97. The first kappa shape index (κ1) is 14.7. The Labute approximate surface area is 138 Å². The number of aryl methyl sites for hydroxylation is 1. The molecule has 106 valence electrons. The fourth-order valence-corrected chi connectivity index (χ4v) is 6.81. The Kier molecular flexibility index (Phi) is 5.15. The molecule has 0 saturated heterocycles. The Morgan fingerprint density at radius 2 is 2.26 bits per heavy atom. The highest BCUT2D eigenvalue weighted by molar-refractivity contribution is 14.1. The molecule has 1 heterocycles. The molecular weight excluding hydrogens is 385 g/mol. The second-order valence-electron chi connectivity index (χ2n) is 5.57. The van der Waals surface area contributed by atoms with Crippen LogP contribution in [-0.4, -0.2) is 17.0 Å². The van der Waals surface area contributed by atoms with Crippen molar-refractivity contribution in [1.29, 1.82) is 0 Å². The van der Waals surface area contributed by atoms with Gasteiger partial charge in [0.2, 0.25) is 0 Å². The Bertz CT molecular complexity index is 432. The van der Waals surface area contributed by atoms with Gasteiger partial charge in [0, 0.05) is 22.2 Å². The lowest BCUT2D eigenvalue weighted by atomic mass is 9.93. The van der Waals surface area contributed by atoms with E-state index in [9.17, 15) is 0 Å². The molecule has 4 heteroatoms. The Hall–Kier alpha value is 0.740. The first-order valence-corrected chi connectivity index (χ1v) is 10.4. The Morgan fingerprint density at radius 1 is 1.37 bits per heavy atom. The van der Waals surface area contributed by atoms with Crippen LogP contribution in [0.4, 0.5) is 0 Å². The van der Waals surface area contributed by atoms with Crippen molar-refractivity contribution in [3.63, 3.8) is 0 Å². The molecule has 3 unspecified atom stereocenters. The molecule has 2 aliphatic carbocycles. The van der Waals surface area contributed by atoms with E-state index in [4.69, 9.17) is 0 Å². The molecule has 3 atom stereocenters. The van der Waals surface area contributed by atoms with E-state index >= 15 is 0 Å². The average molecular weight is 407 g/mol. The van der Waals surface area contributed by atoms with Crippen LogP contribution in [0.5, 0.6) is 0 Å². The Morgan fingerprint density at radius 3 is 3.11 bits per heavy atom. The van der Waals surface area contributed by atoms with Crippen molar-refractivity contribution in [3.05, 3.63) is 19.4 Å². The van der Waals surface area contributed by atoms with Crippen molar-refractivity contribution >= 4 is 45.7 Å². The minimum absolute atomic E-state index is 0.631. The molecule has 0 aliphatic heterocycles. The molecule has 2 aliphatic rings. The monoisotopic (exact) mass is 407 g/mol. The lowest BCUT2D eigenvalue weighted by molar-refractivity contribution is 0.403. The van der Waals surface area contributed by atoms with E-state index in [0.717, 1.165) is 11.3 Å². The van der Waals surface area contributed by atoms with Gasteiger partial charge in [0.1, 0.15) is 0 Å². The summed E-state index contributed by atoms with van der Waals surface area (Å²) in [5.41, 5.74) is 1.62. The van der Waals surface area contributed by atoms with E-state index in [-0.39, 0.29) is 0 Å². The third-order valence-electron chi connectivity index (χ3n) is 4.33. The number of rotatable bonds is 4. The molecule has 1 aromatic heterocycles. The number of fused-ring (bicyclic) bond motifs is 1. The van der Waals surface area contributed by atoms with Gasteiger partial charge in [-0.2, -0.15) is 11.8 Å². The predicted octanol–water partition coefficient (Wildman–Crippen LogP) is 4.99. The van der Waals surface area contributed by atoms with Crippen molar-refractivity contribution in [2.24, 2.45) is 0 Å². The van der Waals surface area contributed by atoms with E-state index in [1.165, 1.54) is 47.2 Å². The zero-order valence-electron chi connectivity index (χ0n) is 11.5. The molecule has 1 saturated carbocycles. The molecule has 1 aromatic rings. The summed E-state index contributed by atoms with van der Waals surface area (Å²) < 4.78 is 1.46. The zero-order valence-corrected chi connectivity index (χ0v) is 15.2. The van der Waals surface area contributed by atoms with Crippen LogP contribution in [0.2, 0.25) is 0 Å². The lowest BCUT2D eigenvalue weighted by Gasteiger charge is -2.29. The molecule has 0 amide bonds. The molecule has 3 rings (SSSR count). The highest BCUT2D eigenvalue weighted by atomic mass is 127. The summed E-state index contributed by atoms with van der Waals surface area (Å²) >= 11 is 6.64. The lowest BCUT2D eigenvalue weighted by Crippen LogP contribution is -2.38. The summed E-state index contributed by atoms with van der Waals surface area (Å²) in [6.45, 7) is 2.29. The molecule has 0 radical (unpaired) electrons. The number of hydrogen-bond acceptors (Lipinski definition) is 3. The second-order valence-corrected chi connectivity index (χ2v) is 10.1. The summed E-state index contributed by atoms with van der Waals surface area (Å²) in [5.74, 6) is 1.26. The quantitative estimate of drug-likeness (QED) is 0.706. The van der Waals surface area contributed by atoms with Crippen molar-refractivity contribution in [3.8, 4) is 0 Å². The van der Waals surface area contributed by atoms with Gasteiger partial charge in [-0.3, -0.25) is 0 Å². The number of hydrogen-bond donors (Lipinski definition) is 1. The third-order valence-corrected chi connectivity index (χ3v) is 7.63. The molecule has 1 nitrogen and oxygen atoms in total. The normalized spacial score (nSPS) is 30.5. The van der Waals surface area contributed by atoms with Crippen molar-refractivity contribution < 1.29 is 0 Å². The number of halogens is 1. The van der Waals surface area contributed by atoms with Crippen LogP contribution in [0.3, 0.4) is 0 Å². The maximum absolute atomic E-state index is 4.00. The van der Waals surface area contributed by atoms with Gasteiger partial charge in [-0.1, -0.05) is 13.3 Å². The summed E-state index contributed by atoms with van der Waals surface area (Å²) in [5, 5.41) is 4.86. The maximum Gasteiger partial charge on any atom is 0.0659 e. The van der Waals surface area contributed by atoms with Crippen molar-refractivity contribution in [2.75, 3.05) is 5.75 Å². The fourth-order valence-electron chi connectivity index (χ4n) is 3.48. The molecule has 0 bridgehead atoms. The van der Waals surface area contributed by atoms with Gasteiger partial charge in [0.25, 0.3) is 0 Å². The highest BCUT2D eigenvalue weighted by Crippen LogP contribution is 2.38. The first-order chi connectivity index (χ1) is 9.28. The molecule has 0 spiro atoms. The number of thioether (sulfide) groups is 1. The number of nitrogens with one attached hydrogen (secondary N) is 1. The summed E-state index contributed by atoms with van der Waals surface area (Å²) in [6.07, 6.45) is 8.20. The first-order valence-electron chi connectivity index (χ1n) is 7.43. The van der Waals surface area contributed by atoms with E-state index in [1.807, 2.05) is 11.3 Å². The van der Waals surface area contributed by atoms with E-state index in [0.29, 0.717) is 6.04 Å². The smallest absolute Gasteiger partial charge is 0.0659 e. The van der Waals surface area contributed by atoms with Gasteiger partial charge in [-0.15, -0.1) is 11.3 Å². The fraction of sp³-hybridized carbons (Fsp3) is 0.733. The van der Waals surface area contributed by atoms with Crippen LogP contribution in [0.15, 0.2) is 6.07 Å². The van der Waals surface area contributed by atoms with Gasteiger partial charge < -0.3 is 5.32 Å². The second kappa shape index (κ2) is 6.67.